The van der Waals surface area contributed by atoms with E-state index in [4.69, 9.17) is 5.73 Å². The largest absolute Gasteiger partial charge is 0.345 e. The predicted molar refractivity (Wildman–Crippen MR) is 55.6 cm³/mol. The summed E-state index contributed by atoms with van der Waals surface area (Å²) in [4.78, 5) is 2.51. The summed E-state index contributed by atoms with van der Waals surface area (Å²) in [6.45, 7) is 6.95. The second kappa shape index (κ2) is 4.88. The molecule has 0 aromatic heterocycles. The molecule has 0 aliphatic carbocycles. The number of rotatable bonds is 3. The lowest BCUT2D eigenvalue weighted by Gasteiger charge is -2.33. The van der Waals surface area contributed by atoms with E-state index in [2.05, 4.69) is 18.6 Å². The minimum absolute atomic E-state index is 0.448. The number of nitrogens with zero attached hydrogens (tertiary/aromatic N) is 1. The van der Waals surface area contributed by atoms with Gasteiger partial charge in [-0.3, -0.25) is 0 Å². The number of hydrogen-bond acceptors (Lipinski definition) is 2. The zero-order valence-corrected chi connectivity index (χ0v) is 8.42. The van der Waals surface area contributed by atoms with E-state index < -0.39 is 0 Å². The van der Waals surface area contributed by atoms with E-state index >= 15 is 0 Å². The van der Waals surface area contributed by atoms with E-state index in [9.17, 15) is 0 Å². The average molecular weight is 168 g/mol. The summed E-state index contributed by atoms with van der Waals surface area (Å²) in [5.41, 5.74) is 6.02. The lowest BCUT2D eigenvalue weighted by molar-refractivity contribution is 0.244. The van der Waals surface area contributed by atoms with E-state index in [1.54, 1.807) is 0 Å². The fourth-order valence-electron chi connectivity index (χ4n) is 2.03. The van der Waals surface area contributed by atoms with Crippen molar-refractivity contribution in [3.63, 3.8) is 0 Å². The van der Waals surface area contributed by atoms with Gasteiger partial charge in [-0.05, 0) is 38.3 Å². The van der Waals surface area contributed by atoms with Crippen molar-refractivity contribution in [3.05, 3.63) is 0 Å². The first-order valence-electron chi connectivity index (χ1n) is 5.25. The molecule has 1 saturated heterocycles. The fourth-order valence-corrected chi connectivity index (χ4v) is 2.03. The lowest BCUT2D eigenvalue weighted by Crippen LogP contribution is -2.41. The number of piperidine rings is 1. The summed E-state index contributed by atoms with van der Waals surface area (Å²) in [6, 6.07) is 0.448. The topological polar surface area (TPSA) is 29.3 Å². The van der Waals surface area contributed by atoms with Crippen LogP contribution in [-0.4, -0.2) is 31.4 Å². The average Bonchev–Trinajstić information content (AvgIpc) is 2.17. The molecule has 2 N–H and O–H groups in total. The first-order chi connectivity index (χ1) is 5.77. The maximum absolute atomic E-state index is 6.02. The molecule has 70 valence electrons. The number of nitrogens with two attached hydrogens (primary N) is 1. The molecule has 12 heavy (non-hydrogen) atoms. The van der Waals surface area contributed by atoms with Crippen LogP contribution in [0.25, 0.3) is 0 Å². The Morgan fingerprint density at radius 2 is 2.08 bits per heavy atom. The summed E-state index contributed by atoms with van der Waals surface area (Å²) in [5.74, 6) is 0.790. The molecule has 1 aliphatic heterocycles. The van der Waals surface area contributed by atoms with Crippen LogP contribution in [0.15, 0.2) is 0 Å². The molecule has 1 heterocycles. The molecular formula is C9H21BN2. The molecular weight excluding hydrogens is 147 g/mol. The van der Waals surface area contributed by atoms with Crippen LogP contribution < -0.4 is 5.73 Å². The Morgan fingerprint density at radius 1 is 1.50 bits per heavy atom. The van der Waals surface area contributed by atoms with Gasteiger partial charge in [0.05, 0.1) is 0 Å². The van der Waals surface area contributed by atoms with Gasteiger partial charge in [-0.2, -0.15) is 0 Å². The van der Waals surface area contributed by atoms with Gasteiger partial charge in [-0.1, -0.05) is 13.7 Å². The molecule has 0 amide bonds. The highest BCUT2D eigenvalue weighted by Gasteiger charge is 2.21. The third kappa shape index (κ3) is 2.49. The van der Waals surface area contributed by atoms with Gasteiger partial charge in [0, 0.05) is 6.04 Å². The SMILES string of the molecule is CBN1CCC(C(N)CC)CC1. The molecule has 1 unspecified atom stereocenters. The minimum atomic E-state index is 0.448. The molecule has 2 nitrogen and oxygen atoms in total. The number of hydrogen-bond donors (Lipinski definition) is 1. The second-order valence-electron chi connectivity index (χ2n) is 3.84. The summed E-state index contributed by atoms with van der Waals surface area (Å²) < 4.78 is 0. The van der Waals surface area contributed by atoms with Crippen molar-refractivity contribution in [3.8, 4) is 0 Å². The van der Waals surface area contributed by atoms with E-state index in [-0.39, 0.29) is 0 Å². The molecule has 1 rings (SSSR count). The van der Waals surface area contributed by atoms with Crippen molar-refractivity contribution in [1.82, 2.24) is 4.81 Å². The van der Waals surface area contributed by atoms with Gasteiger partial charge < -0.3 is 10.5 Å². The van der Waals surface area contributed by atoms with Crippen LogP contribution in [0.1, 0.15) is 26.2 Å². The summed E-state index contributed by atoms with van der Waals surface area (Å²) >= 11 is 0. The third-order valence-corrected chi connectivity index (χ3v) is 3.16. The zero-order valence-electron chi connectivity index (χ0n) is 8.42. The third-order valence-electron chi connectivity index (χ3n) is 3.16. The first kappa shape index (κ1) is 10.1. The van der Waals surface area contributed by atoms with Crippen molar-refractivity contribution in [2.24, 2.45) is 11.7 Å². The summed E-state index contributed by atoms with van der Waals surface area (Å²) in [6.07, 6.45) is 3.75. The Hall–Kier alpha value is -0.0151. The Balaban J connectivity index is 2.25. The van der Waals surface area contributed by atoms with Crippen LogP contribution in [-0.2, 0) is 0 Å². The van der Waals surface area contributed by atoms with Crippen molar-refractivity contribution in [1.29, 1.82) is 0 Å². The van der Waals surface area contributed by atoms with Crippen LogP contribution in [0.5, 0.6) is 0 Å². The lowest BCUT2D eigenvalue weighted by atomic mass is 9.84. The molecule has 1 fully saturated rings. The van der Waals surface area contributed by atoms with Gasteiger partial charge in [0.1, 0.15) is 0 Å². The molecule has 0 radical (unpaired) electrons. The van der Waals surface area contributed by atoms with E-state index in [1.165, 1.54) is 33.3 Å². The molecule has 0 aromatic rings. The van der Waals surface area contributed by atoms with Gasteiger partial charge in [0.2, 0.25) is 7.41 Å². The van der Waals surface area contributed by atoms with Crippen molar-refractivity contribution < 1.29 is 0 Å². The van der Waals surface area contributed by atoms with Gasteiger partial charge in [0.25, 0.3) is 0 Å². The molecule has 0 spiro atoms. The van der Waals surface area contributed by atoms with Crippen LogP contribution in [0.3, 0.4) is 0 Å². The van der Waals surface area contributed by atoms with Crippen LogP contribution >= 0.6 is 0 Å². The van der Waals surface area contributed by atoms with E-state index in [1.807, 2.05) is 0 Å². The van der Waals surface area contributed by atoms with Gasteiger partial charge in [-0.15, -0.1) is 0 Å². The Morgan fingerprint density at radius 3 is 2.50 bits per heavy atom. The Bertz CT molecular complexity index is 122. The van der Waals surface area contributed by atoms with Crippen molar-refractivity contribution >= 4 is 7.41 Å². The fraction of sp³-hybridized carbons (Fsp3) is 1.00. The molecule has 3 heteroatoms. The monoisotopic (exact) mass is 168 g/mol. The van der Waals surface area contributed by atoms with Crippen LogP contribution in [0.2, 0.25) is 6.82 Å². The van der Waals surface area contributed by atoms with Crippen LogP contribution in [0, 0.1) is 5.92 Å². The smallest absolute Gasteiger partial charge is 0.201 e. The standard InChI is InChI=1S/C9H21BN2/c1-3-9(11)8-4-6-12(10-2)7-5-8/h8-10H,3-7,11H2,1-2H3. The highest BCUT2D eigenvalue weighted by atomic mass is 15.0. The van der Waals surface area contributed by atoms with Crippen molar-refractivity contribution in [2.45, 2.75) is 39.1 Å². The Labute approximate surface area is 76.8 Å². The van der Waals surface area contributed by atoms with Crippen LogP contribution in [0.4, 0.5) is 0 Å². The van der Waals surface area contributed by atoms with E-state index in [0.29, 0.717) is 6.04 Å². The maximum atomic E-state index is 6.02. The molecule has 1 aliphatic rings. The second-order valence-corrected chi connectivity index (χ2v) is 3.84. The van der Waals surface area contributed by atoms with E-state index in [0.717, 1.165) is 12.3 Å². The highest BCUT2D eigenvalue weighted by molar-refractivity contribution is 6.29. The first-order valence-corrected chi connectivity index (χ1v) is 5.25. The molecule has 0 saturated carbocycles. The quantitative estimate of drug-likeness (QED) is 0.632. The summed E-state index contributed by atoms with van der Waals surface area (Å²) in [7, 11) is 1.20. The summed E-state index contributed by atoms with van der Waals surface area (Å²) in [5, 5.41) is 0. The van der Waals surface area contributed by atoms with Gasteiger partial charge >= 0.3 is 0 Å². The highest BCUT2D eigenvalue weighted by Crippen LogP contribution is 2.20. The molecule has 0 aromatic carbocycles. The Kier molecular flexibility index (Phi) is 4.09. The van der Waals surface area contributed by atoms with Crippen molar-refractivity contribution in [2.75, 3.05) is 13.1 Å². The van der Waals surface area contributed by atoms with Gasteiger partial charge in [0.15, 0.2) is 0 Å². The van der Waals surface area contributed by atoms with Gasteiger partial charge in [-0.25, -0.2) is 0 Å². The zero-order chi connectivity index (χ0) is 8.97. The normalized spacial score (nSPS) is 23.9. The molecule has 1 atom stereocenters. The maximum Gasteiger partial charge on any atom is 0.201 e. The minimum Gasteiger partial charge on any atom is -0.345 e. The molecule has 0 bridgehead atoms. The predicted octanol–water partition coefficient (Wildman–Crippen LogP) is 0.835.